The summed E-state index contributed by atoms with van der Waals surface area (Å²) in [7, 11) is 0. The van der Waals surface area contributed by atoms with Crippen molar-refractivity contribution in [3.05, 3.63) is 30.1 Å². The van der Waals surface area contributed by atoms with Crippen molar-refractivity contribution in [2.75, 3.05) is 26.3 Å². The summed E-state index contributed by atoms with van der Waals surface area (Å²) < 4.78 is 37.7. The lowest BCUT2D eigenvalue weighted by Gasteiger charge is -2.41. The highest BCUT2D eigenvalue weighted by Crippen LogP contribution is 2.33. The number of carboxylic acids is 1. The third-order valence-electron chi connectivity index (χ3n) is 5.55. The maximum atomic E-state index is 12.8. The van der Waals surface area contributed by atoms with E-state index >= 15 is 0 Å². The second-order valence-corrected chi connectivity index (χ2v) is 7.73. The number of rotatable bonds is 3. The first kappa shape index (κ1) is 23.4. The number of ether oxygens (including phenoxy) is 1. The van der Waals surface area contributed by atoms with Gasteiger partial charge in [-0.3, -0.25) is 19.5 Å². The van der Waals surface area contributed by atoms with E-state index in [4.69, 9.17) is 19.5 Å². The summed E-state index contributed by atoms with van der Waals surface area (Å²) in [5.74, 6) is -2.69. The van der Waals surface area contributed by atoms with Crippen molar-refractivity contribution in [3.8, 4) is 0 Å². The fourth-order valence-electron chi connectivity index (χ4n) is 4.09. The summed E-state index contributed by atoms with van der Waals surface area (Å²) in [6.07, 6.45) is 0.806. The van der Waals surface area contributed by atoms with Crippen LogP contribution in [-0.4, -0.2) is 76.6 Å². The standard InChI is InChI=1S/C18H25N3O3.C2HF3O2/c22-18(21-8-3-4-9-24-21)14-11-17-16(6-10-23-17)20(12-14)13-15-5-1-2-7-19-15;3-2(4,5)1(6)7/h1-2,5,7,14,16-17H,3-4,6,8-13H2;(H,6,7)/t14-,16-,17-;/m1./s1. The number of hydroxylamine groups is 2. The van der Waals surface area contributed by atoms with Crippen molar-refractivity contribution < 1.29 is 37.4 Å². The molecule has 3 fully saturated rings. The van der Waals surface area contributed by atoms with Crippen LogP contribution in [0.5, 0.6) is 0 Å². The van der Waals surface area contributed by atoms with Gasteiger partial charge in [-0.25, -0.2) is 9.86 Å². The predicted octanol–water partition coefficient (Wildman–Crippen LogP) is 2.25. The molecule has 1 amide bonds. The number of aromatic nitrogens is 1. The van der Waals surface area contributed by atoms with Crippen molar-refractivity contribution in [2.45, 2.75) is 50.6 Å². The first-order valence-corrected chi connectivity index (χ1v) is 10.3. The van der Waals surface area contributed by atoms with Crippen LogP contribution >= 0.6 is 0 Å². The number of nitrogens with zero attached hydrogens (tertiary/aromatic N) is 3. The number of alkyl halides is 3. The number of hydrogen-bond acceptors (Lipinski definition) is 6. The largest absolute Gasteiger partial charge is 0.490 e. The van der Waals surface area contributed by atoms with E-state index in [1.54, 1.807) is 5.06 Å². The van der Waals surface area contributed by atoms with Crippen LogP contribution in [0.2, 0.25) is 0 Å². The Balaban J connectivity index is 0.000000339. The van der Waals surface area contributed by atoms with Crippen molar-refractivity contribution in [1.82, 2.24) is 14.9 Å². The molecule has 0 spiro atoms. The lowest BCUT2D eigenvalue weighted by atomic mass is 9.89. The molecule has 3 aliphatic rings. The number of carbonyl (C=O) groups excluding carboxylic acids is 1. The minimum atomic E-state index is -5.08. The van der Waals surface area contributed by atoms with Gasteiger partial charge in [-0.15, -0.1) is 0 Å². The Morgan fingerprint density at radius 1 is 1.23 bits per heavy atom. The molecule has 3 aliphatic heterocycles. The minimum absolute atomic E-state index is 0.0498. The molecule has 1 aromatic heterocycles. The van der Waals surface area contributed by atoms with Crippen molar-refractivity contribution >= 4 is 11.9 Å². The van der Waals surface area contributed by atoms with Gasteiger partial charge in [0, 0.05) is 38.5 Å². The number of halogens is 3. The number of pyridine rings is 1. The Morgan fingerprint density at radius 2 is 2.00 bits per heavy atom. The molecule has 0 radical (unpaired) electrons. The fraction of sp³-hybridized carbons (Fsp3) is 0.650. The Bertz CT molecular complexity index is 743. The topological polar surface area (TPSA) is 92.2 Å². The first-order chi connectivity index (χ1) is 14.8. The number of piperidine rings is 1. The van der Waals surface area contributed by atoms with Gasteiger partial charge in [-0.2, -0.15) is 13.2 Å². The van der Waals surface area contributed by atoms with E-state index in [-0.39, 0.29) is 17.9 Å². The molecule has 11 heteroatoms. The summed E-state index contributed by atoms with van der Waals surface area (Å²) in [5.41, 5.74) is 1.05. The molecule has 172 valence electrons. The molecule has 4 heterocycles. The van der Waals surface area contributed by atoms with Crippen LogP contribution in [0.25, 0.3) is 0 Å². The molecule has 1 aromatic rings. The Hall–Kier alpha value is -2.24. The van der Waals surface area contributed by atoms with Crippen LogP contribution in [-0.2, 0) is 25.7 Å². The van der Waals surface area contributed by atoms with Gasteiger partial charge < -0.3 is 9.84 Å². The highest BCUT2D eigenvalue weighted by molar-refractivity contribution is 5.78. The summed E-state index contributed by atoms with van der Waals surface area (Å²) in [5, 5.41) is 8.71. The summed E-state index contributed by atoms with van der Waals surface area (Å²) >= 11 is 0. The number of aliphatic carboxylic acids is 1. The molecule has 8 nitrogen and oxygen atoms in total. The zero-order chi connectivity index (χ0) is 22.4. The molecular weight excluding hydrogens is 419 g/mol. The lowest BCUT2D eigenvalue weighted by Crippen LogP contribution is -2.53. The maximum Gasteiger partial charge on any atom is 0.490 e. The lowest BCUT2D eigenvalue weighted by molar-refractivity contribution is -0.204. The van der Waals surface area contributed by atoms with Gasteiger partial charge in [0.15, 0.2) is 0 Å². The molecular formula is C20H26F3N3O5. The van der Waals surface area contributed by atoms with Crippen LogP contribution in [0.1, 0.15) is 31.4 Å². The molecule has 3 atom stereocenters. The third-order valence-corrected chi connectivity index (χ3v) is 5.55. The minimum Gasteiger partial charge on any atom is -0.475 e. The van der Waals surface area contributed by atoms with Gasteiger partial charge >= 0.3 is 12.1 Å². The molecule has 4 rings (SSSR count). The van der Waals surface area contributed by atoms with E-state index in [1.165, 1.54) is 0 Å². The van der Waals surface area contributed by atoms with E-state index in [9.17, 15) is 18.0 Å². The average molecular weight is 445 g/mol. The highest BCUT2D eigenvalue weighted by Gasteiger charge is 2.43. The van der Waals surface area contributed by atoms with E-state index in [2.05, 4.69) is 9.88 Å². The summed E-state index contributed by atoms with van der Waals surface area (Å²) in [4.78, 5) is 34.1. The molecule has 31 heavy (non-hydrogen) atoms. The van der Waals surface area contributed by atoms with Gasteiger partial charge in [0.05, 0.1) is 24.3 Å². The molecule has 1 N–H and O–H groups in total. The first-order valence-electron chi connectivity index (χ1n) is 10.3. The zero-order valence-electron chi connectivity index (χ0n) is 17.0. The number of amides is 1. The Kier molecular flexibility index (Phi) is 7.84. The van der Waals surface area contributed by atoms with Crippen molar-refractivity contribution in [2.24, 2.45) is 5.92 Å². The SMILES string of the molecule is O=C(O)C(F)(F)F.O=C([C@@H]1C[C@H]2OCC[C@H]2N(Cc2ccccn2)C1)N1CCCCO1. The maximum absolute atomic E-state index is 12.8. The predicted molar refractivity (Wildman–Crippen MR) is 101 cm³/mol. The average Bonchev–Trinajstić information content (AvgIpc) is 3.23. The van der Waals surface area contributed by atoms with Crippen LogP contribution in [0.4, 0.5) is 13.2 Å². The van der Waals surface area contributed by atoms with Crippen molar-refractivity contribution in [1.29, 1.82) is 0 Å². The molecule has 0 bridgehead atoms. The summed E-state index contributed by atoms with van der Waals surface area (Å²) in [6.45, 7) is 3.69. The van der Waals surface area contributed by atoms with Gasteiger partial charge in [0.25, 0.3) is 5.91 Å². The second kappa shape index (κ2) is 10.4. The van der Waals surface area contributed by atoms with Gasteiger partial charge in [0.2, 0.25) is 0 Å². The summed E-state index contributed by atoms with van der Waals surface area (Å²) in [6, 6.07) is 6.39. The normalized spacial score (nSPS) is 26.5. The van der Waals surface area contributed by atoms with E-state index in [1.807, 2.05) is 24.4 Å². The van der Waals surface area contributed by atoms with Gasteiger partial charge in [0.1, 0.15) is 0 Å². The molecule has 0 aromatic carbocycles. The molecule has 3 saturated heterocycles. The van der Waals surface area contributed by atoms with Gasteiger partial charge in [-0.05, 0) is 37.8 Å². The van der Waals surface area contributed by atoms with Crippen LogP contribution in [0.3, 0.4) is 0 Å². The zero-order valence-corrected chi connectivity index (χ0v) is 17.0. The second-order valence-electron chi connectivity index (χ2n) is 7.73. The van der Waals surface area contributed by atoms with E-state index in [0.717, 1.165) is 51.1 Å². The monoisotopic (exact) mass is 445 g/mol. The third kappa shape index (κ3) is 6.37. The van der Waals surface area contributed by atoms with Crippen LogP contribution in [0.15, 0.2) is 24.4 Å². The fourth-order valence-corrected chi connectivity index (χ4v) is 4.09. The highest BCUT2D eigenvalue weighted by atomic mass is 19.4. The smallest absolute Gasteiger partial charge is 0.475 e. The number of hydrogen-bond donors (Lipinski definition) is 1. The Labute approximate surface area is 177 Å². The number of carbonyl (C=O) groups is 2. The number of likely N-dealkylation sites (tertiary alicyclic amines) is 1. The molecule has 0 saturated carbocycles. The van der Waals surface area contributed by atoms with Crippen molar-refractivity contribution in [3.63, 3.8) is 0 Å². The quantitative estimate of drug-likeness (QED) is 0.763. The molecule has 0 unspecified atom stereocenters. The van der Waals surface area contributed by atoms with Crippen LogP contribution < -0.4 is 0 Å². The number of carboxylic acid groups (broad SMARTS) is 1. The van der Waals surface area contributed by atoms with E-state index in [0.29, 0.717) is 19.2 Å². The molecule has 0 aliphatic carbocycles. The van der Waals surface area contributed by atoms with E-state index < -0.39 is 12.1 Å². The van der Waals surface area contributed by atoms with Crippen LogP contribution in [0, 0.1) is 5.92 Å². The van der Waals surface area contributed by atoms with Gasteiger partial charge in [-0.1, -0.05) is 6.07 Å². The Morgan fingerprint density at radius 3 is 2.61 bits per heavy atom. The number of fused-ring (bicyclic) bond motifs is 1.